The summed E-state index contributed by atoms with van der Waals surface area (Å²) in [4.78, 5) is 24.2. The Hall–Kier alpha value is -3.87. The van der Waals surface area contributed by atoms with Gasteiger partial charge in [-0.15, -0.1) is 0 Å². The standard InChI is InChI=1S/C23H20N2O5/c1-29-21-10-14(6-9-20(21)30-23(28)15-7-8-15)13-24-25-22(27)18-11-16-4-2-3-5-17(16)12-19(18)26/h2-6,9-13,15,26H,7-8H2,1H3,(H,25,27)/b24-13-. The van der Waals surface area contributed by atoms with Crippen LogP contribution in [-0.2, 0) is 4.79 Å². The third kappa shape index (κ3) is 4.25. The van der Waals surface area contributed by atoms with Gasteiger partial charge in [-0.2, -0.15) is 5.10 Å². The number of phenolic OH excluding ortho intramolecular Hbond substituents is 1. The van der Waals surface area contributed by atoms with Crippen LogP contribution in [0.3, 0.4) is 0 Å². The minimum atomic E-state index is -0.531. The first-order chi connectivity index (χ1) is 14.5. The summed E-state index contributed by atoms with van der Waals surface area (Å²) in [5, 5.41) is 15.8. The summed E-state index contributed by atoms with van der Waals surface area (Å²) in [5.74, 6) is -0.181. The molecule has 0 radical (unpaired) electrons. The summed E-state index contributed by atoms with van der Waals surface area (Å²) in [5.41, 5.74) is 3.18. The Balaban J connectivity index is 1.45. The number of aromatic hydroxyl groups is 1. The first-order valence-electron chi connectivity index (χ1n) is 9.50. The van der Waals surface area contributed by atoms with Gasteiger partial charge in [-0.1, -0.05) is 24.3 Å². The van der Waals surface area contributed by atoms with E-state index in [4.69, 9.17) is 9.47 Å². The Bertz CT molecular complexity index is 1150. The van der Waals surface area contributed by atoms with Crippen LogP contribution >= 0.6 is 0 Å². The zero-order valence-electron chi connectivity index (χ0n) is 16.3. The highest BCUT2D eigenvalue weighted by molar-refractivity contribution is 6.01. The van der Waals surface area contributed by atoms with Gasteiger partial charge in [0, 0.05) is 0 Å². The number of nitrogens with zero attached hydrogens (tertiary/aromatic N) is 1. The van der Waals surface area contributed by atoms with E-state index in [1.807, 2.05) is 24.3 Å². The van der Waals surface area contributed by atoms with Crippen LogP contribution in [0.1, 0.15) is 28.8 Å². The summed E-state index contributed by atoms with van der Waals surface area (Å²) in [6, 6.07) is 15.6. The highest BCUT2D eigenvalue weighted by Gasteiger charge is 2.32. The molecule has 0 aromatic heterocycles. The molecule has 30 heavy (non-hydrogen) atoms. The van der Waals surface area contributed by atoms with Crippen LogP contribution in [0.5, 0.6) is 17.2 Å². The molecule has 0 unspecified atom stereocenters. The molecule has 7 heteroatoms. The molecule has 1 aliphatic rings. The van der Waals surface area contributed by atoms with Crippen molar-refractivity contribution in [3.8, 4) is 17.2 Å². The molecule has 2 N–H and O–H groups in total. The molecule has 0 atom stereocenters. The maximum atomic E-state index is 12.4. The second-order valence-electron chi connectivity index (χ2n) is 7.02. The van der Waals surface area contributed by atoms with Crippen molar-refractivity contribution in [1.82, 2.24) is 5.43 Å². The van der Waals surface area contributed by atoms with Crippen molar-refractivity contribution in [2.45, 2.75) is 12.8 Å². The van der Waals surface area contributed by atoms with Crippen LogP contribution in [0.25, 0.3) is 10.8 Å². The van der Waals surface area contributed by atoms with Gasteiger partial charge in [0.05, 0.1) is 24.8 Å². The molecule has 3 aromatic rings. The predicted octanol–water partition coefficient (Wildman–Crippen LogP) is 3.63. The van der Waals surface area contributed by atoms with Crippen LogP contribution in [0, 0.1) is 5.92 Å². The maximum absolute atomic E-state index is 12.4. The molecule has 1 amide bonds. The molecule has 1 fully saturated rings. The SMILES string of the molecule is COc1cc(/C=N\NC(=O)c2cc3ccccc3cc2O)ccc1OC(=O)C1CC1. The summed E-state index contributed by atoms with van der Waals surface area (Å²) in [6.07, 6.45) is 3.15. The number of nitrogens with one attached hydrogen (secondary N) is 1. The van der Waals surface area contributed by atoms with Gasteiger partial charge < -0.3 is 14.6 Å². The van der Waals surface area contributed by atoms with E-state index in [2.05, 4.69) is 10.5 Å². The number of hydrogen-bond acceptors (Lipinski definition) is 6. The van der Waals surface area contributed by atoms with Crippen LogP contribution < -0.4 is 14.9 Å². The number of benzene rings is 3. The lowest BCUT2D eigenvalue weighted by Gasteiger charge is -2.09. The quantitative estimate of drug-likeness (QED) is 0.283. The Morgan fingerprint density at radius 1 is 1.07 bits per heavy atom. The second-order valence-corrected chi connectivity index (χ2v) is 7.02. The number of hydrogen-bond donors (Lipinski definition) is 2. The molecule has 7 nitrogen and oxygen atoms in total. The zero-order chi connectivity index (χ0) is 21.1. The summed E-state index contributed by atoms with van der Waals surface area (Å²) in [6.45, 7) is 0. The van der Waals surface area contributed by atoms with Crippen LogP contribution in [0.4, 0.5) is 0 Å². The number of hydrazone groups is 1. The molecule has 3 aromatic carbocycles. The van der Waals surface area contributed by atoms with Gasteiger partial charge in [-0.25, -0.2) is 5.43 Å². The van der Waals surface area contributed by atoms with Crippen molar-refractivity contribution in [3.63, 3.8) is 0 Å². The lowest BCUT2D eigenvalue weighted by Crippen LogP contribution is -2.17. The fraction of sp³-hybridized carbons (Fsp3) is 0.174. The molecule has 152 valence electrons. The Kier molecular flexibility index (Phi) is 5.34. The first-order valence-corrected chi connectivity index (χ1v) is 9.50. The van der Waals surface area contributed by atoms with Gasteiger partial charge in [-0.05, 0) is 59.5 Å². The number of phenols is 1. The molecule has 1 aliphatic carbocycles. The van der Waals surface area contributed by atoms with Crippen LogP contribution in [-0.4, -0.2) is 30.3 Å². The Morgan fingerprint density at radius 2 is 1.80 bits per heavy atom. The number of fused-ring (bicyclic) bond motifs is 1. The van der Waals surface area contributed by atoms with Gasteiger partial charge in [-0.3, -0.25) is 9.59 Å². The molecule has 1 saturated carbocycles. The summed E-state index contributed by atoms with van der Waals surface area (Å²) >= 11 is 0. The summed E-state index contributed by atoms with van der Waals surface area (Å²) in [7, 11) is 1.48. The number of ether oxygens (including phenoxy) is 2. The van der Waals surface area contributed by atoms with E-state index in [1.165, 1.54) is 13.3 Å². The fourth-order valence-electron chi connectivity index (χ4n) is 3.00. The average molecular weight is 404 g/mol. The first kappa shape index (κ1) is 19.4. The van der Waals surface area contributed by atoms with Gasteiger partial charge in [0.2, 0.25) is 0 Å². The van der Waals surface area contributed by atoms with E-state index in [0.29, 0.717) is 17.1 Å². The topological polar surface area (TPSA) is 97.2 Å². The third-order valence-corrected chi connectivity index (χ3v) is 4.80. The molecule has 0 bridgehead atoms. The molecular formula is C23H20N2O5. The predicted molar refractivity (Wildman–Crippen MR) is 112 cm³/mol. The maximum Gasteiger partial charge on any atom is 0.314 e. The van der Waals surface area contributed by atoms with E-state index in [9.17, 15) is 14.7 Å². The highest BCUT2D eigenvalue weighted by Crippen LogP contribution is 2.34. The van der Waals surface area contributed by atoms with Crippen molar-refractivity contribution in [3.05, 3.63) is 65.7 Å². The number of rotatable bonds is 6. The monoisotopic (exact) mass is 404 g/mol. The molecule has 0 saturated heterocycles. The van der Waals surface area contributed by atoms with Crippen LogP contribution in [0.15, 0.2) is 59.7 Å². The van der Waals surface area contributed by atoms with Crippen molar-refractivity contribution in [2.75, 3.05) is 7.11 Å². The van der Waals surface area contributed by atoms with E-state index in [0.717, 1.165) is 23.6 Å². The summed E-state index contributed by atoms with van der Waals surface area (Å²) < 4.78 is 10.6. The Morgan fingerprint density at radius 3 is 2.50 bits per heavy atom. The number of amides is 1. The van der Waals surface area contributed by atoms with Crippen molar-refractivity contribution < 1.29 is 24.2 Å². The van der Waals surface area contributed by atoms with Gasteiger partial charge in [0.1, 0.15) is 5.75 Å². The normalized spacial score (nSPS) is 13.4. The average Bonchev–Trinajstić information content (AvgIpc) is 3.59. The minimum absolute atomic E-state index is 0.0160. The molecular weight excluding hydrogens is 384 g/mol. The number of carbonyl (C=O) groups is 2. The number of carbonyl (C=O) groups excluding carboxylic acids is 2. The molecule has 0 heterocycles. The minimum Gasteiger partial charge on any atom is -0.507 e. The van der Waals surface area contributed by atoms with Crippen molar-refractivity contribution in [2.24, 2.45) is 11.0 Å². The molecule has 4 rings (SSSR count). The van der Waals surface area contributed by atoms with E-state index in [1.54, 1.807) is 30.3 Å². The smallest absolute Gasteiger partial charge is 0.314 e. The molecule has 0 aliphatic heterocycles. The number of esters is 1. The lowest BCUT2D eigenvalue weighted by molar-refractivity contribution is -0.135. The van der Waals surface area contributed by atoms with E-state index < -0.39 is 5.91 Å². The van der Waals surface area contributed by atoms with E-state index in [-0.39, 0.29) is 23.2 Å². The van der Waals surface area contributed by atoms with Gasteiger partial charge in [0.15, 0.2) is 11.5 Å². The van der Waals surface area contributed by atoms with Crippen molar-refractivity contribution in [1.29, 1.82) is 0 Å². The molecule has 0 spiro atoms. The number of methoxy groups -OCH3 is 1. The Labute approximate surface area is 172 Å². The lowest BCUT2D eigenvalue weighted by atomic mass is 10.1. The van der Waals surface area contributed by atoms with Crippen LogP contribution in [0.2, 0.25) is 0 Å². The fourth-order valence-corrected chi connectivity index (χ4v) is 3.00. The van der Waals surface area contributed by atoms with Crippen molar-refractivity contribution >= 4 is 28.9 Å². The zero-order valence-corrected chi connectivity index (χ0v) is 16.3. The second kappa shape index (κ2) is 8.24. The largest absolute Gasteiger partial charge is 0.507 e. The van der Waals surface area contributed by atoms with Gasteiger partial charge in [0.25, 0.3) is 5.91 Å². The third-order valence-electron chi connectivity index (χ3n) is 4.80. The highest BCUT2D eigenvalue weighted by atomic mass is 16.6. The van der Waals surface area contributed by atoms with E-state index >= 15 is 0 Å². The van der Waals surface area contributed by atoms with Gasteiger partial charge >= 0.3 is 5.97 Å².